The van der Waals surface area contributed by atoms with E-state index in [0.29, 0.717) is 26.3 Å². The van der Waals surface area contributed by atoms with Crippen molar-refractivity contribution in [3.05, 3.63) is 89.3 Å². The second kappa shape index (κ2) is 13.1. The number of carbonyl (C=O) groups excluding carboxylic acids is 1. The van der Waals surface area contributed by atoms with Crippen molar-refractivity contribution >= 4 is 20.2 Å². The average Bonchev–Trinajstić information content (AvgIpc) is 2.78. The number of benzene rings is 2. The first-order chi connectivity index (χ1) is 15.0. The lowest BCUT2D eigenvalue weighted by molar-refractivity contribution is 0.0824. The molecule has 164 valence electrons. The van der Waals surface area contributed by atoms with E-state index < -0.39 is 0 Å². The van der Waals surface area contributed by atoms with E-state index in [4.69, 9.17) is 4.74 Å². The molecule has 2 aromatic rings. The van der Waals surface area contributed by atoms with Crippen molar-refractivity contribution in [3.8, 4) is 11.1 Å². The van der Waals surface area contributed by atoms with Crippen molar-refractivity contribution in [3.63, 3.8) is 0 Å². The van der Waals surface area contributed by atoms with Crippen LogP contribution in [0.5, 0.6) is 0 Å². The van der Waals surface area contributed by atoms with E-state index in [-0.39, 0.29) is 11.9 Å². The number of aryl methyl sites for hydroxylation is 1. The lowest BCUT2D eigenvalue weighted by atomic mass is 9.95. The van der Waals surface area contributed by atoms with Crippen LogP contribution in [-0.2, 0) is 11.2 Å². The molecule has 0 aliphatic rings. The highest BCUT2D eigenvalue weighted by Crippen LogP contribution is 2.26. The number of carbonyl (C=O) groups is 1. The summed E-state index contributed by atoms with van der Waals surface area (Å²) < 4.78 is 20.6. The maximum Gasteiger partial charge on any atom is 0.150 e. The van der Waals surface area contributed by atoms with Gasteiger partial charge in [0.25, 0.3) is 0 Å². The maximum atomic E-state index is 14.7. The van der Waals surface area contributed by atoms with Crippen LogP contribution in [0.4, 0.5) is 4.39 Å². The summed E-state index contributed by atoms with van der Waals surface area (Å²) in [6.45, 7) is 8.70. The number of rotatable bonds is 11. The molecule has 0 fully saturated rings. The molecule has 4 heteroatoms. The summed E-state index contributed by atoms with van der Waals surface area (Å²) in [6.07, 6.45) is 12.4. The highest BCUT2D eigenvalue weighted by Gasteiger charge is 2.13. The maximum absolute atomic E-state index is 14.7. The first-order valence-corrected chi connectivity index (χ1v) is 12.2. The van der Waals surface area contributed by atoms with E-state index in [1.54, 1.807) is 12.1 Å². The third-order valence-corrected chi connectivity index (χ3v) is 5.95. The van der Waals surface area contributed by atoms with Crippen LogP contribution in [0.1, 0.15) is 43.1 Å². The molecule has 2 nitrogen and oxygen atoms in total. The second-order valence-electron chi connectivity index (χ2n) is 7.33. The Morgan fingerprint density at radius 2 is 1.97 bits per heavy atom. The molecule has 2 aromatic carbocycles. The van der Waals surface area contributed by atoms with Gasteiger partial charge in [0, 0.05) is 17.7 Å². The summed E-state index contributed by atoms with van der Waals surface area (Å²) in [7, 11) is 0.545. The van der Waals surface area contributed by atoms with Crippen LogP contribution < -0.4 is 5.30 Å². The minimum Gasteiger partial charge on any atom is -0.374 e. The summed E-state index contributed by atoms with van der Waals surface area (Å²) in [6, 6.07) is 10.9. The Hall–Kier alpha value is -2.35. The summed E-state index contributed by atoms with van der Waals surface area (Å²) in [5, 5.41) is 0.985. The minimum atomic E-state index is -0.250. The molecule has 0 aliphatic heterocycles. The fraction of sp³-hybridized carbons (Fsp3) is 0.296. The standard InChI is InChI=1S/C27H32FO2P/c1-5-7-8-9-10-20(3)27(30-6-2)14-11-21-15-22(19-29)17-23(16-21)25-13-12-24(31-4)18-26(25)28/h5,7-10,12-13,15-19,27,31H,6,11,14H2,1-4H3/b7-5-,9-8-,20-10+. The molecule has 0 saturated carbocycles. The smallest absolute Gasteiger partial charge is 0.150 e. The van der Waals surface area contributed by atoms with Crippen LogP contribution in [-0.4, -0.2) is 25.7 Å². The molecule has 0 spiro atoms. The van der Waals surface area contributed by atoms with Gasteiger partial charge < -0.3 is 4.74 Å². The zero-order valence-corrected chi connectivity index (χ0v) is 19.8. The van der Waals surface area contributed by atoms with E-state index in [9.17, 15) is 9.18 Å². The van der Waals surface area contributed by atoms with Gasteiger partial charge in [-0.1, -0.05) is 57.2 Å². The molecule has 0 N–H and O–H groups in total. The Labute approximate surface area is 187 Å². The Morgan fingerprint density at radius 3 is 2.61 bits per heavy atom. The Balaban J connectivity index is 2.25. The molecule has 0 heterocycles. The quantitative estimate of drug-likeness (QED) is 0.223. The average molecular weight is 439 g/mol. The van der Waals surface area contributed by atoms with Crippen molar-refractivity contribution in [1.82, 2.24) is 0 Å². The fourth-order valence-electron chi connectivity index (χ4n) is 3.42. The molecule has 31 heavy (non-hydrogen) atoms. The molecule has 2 unspecified atom stereocenters. The highest BCUT2D eigenvalue weighted by atomic mass is 31.1. The van der Waals surface area contributed by atoms with E-state index >= 15 is 0 Å². The predicted molar refractivity (Wildman–Crippen MR) is 133 cm³/mol. The van der Waals surface area contributed by atoms with Crippen LogP contribution in [0.3, 0.4) is 0 Å². The summed E-state index contributed by atoms with van der Waals surface area (Å²) >= 11 is 0. The largest absolute Gasteiger partial charge is 0.374 e. The highest BCUT2D eigenvalue weighted by molar-refractivity contribution is 7.46. The van der Waals surface area contributed by atoms with Gasteiger partial charge >= 0.3 is 0 Å². The first-order valence-electron chi connectivity index (χ1n) is 10.7. The van der Waals surface area contributed by atoms with Crippen molar-refractivity contribution < 1.29 is 13.9 Å². The Morgan fingerprint density at radius 1 is 1.16 bits per heavy atom. The number of aldehydes is 1. The molecular weight excluding hydrogens is 406 g/mol. The fourth-order valence-corrected chi connectivity index (χ4v) is 3.94. The molecule has 0 bridgehead atoms. The molecule has 0 saturated heterocycles. The molecule has 2 rings (SSSR count). The minimum absolute atomic E-state index is 0.00911. The van der Waals surface area contributed by atoms with E-state index in [2.05, 4.69) is 13.0 Å². The van der Waals surface area contributed by atoms with Gasteiger partial charge in [-0.2, -0.15) is 0 Å². The molecule has 0 aliphatic carbocycles. The predicted octanol–water partition coefficient (Wildman–Crippen LogP) is 6.66. The number of allylic oxidation sites excluding steroid dienone is 5. The normalized spacial score (nSPS) is 13.6. The molecule has 0 radical (unpaired) electrons. The van der Waals surface area contributed by atoms with E-state index in [1.165, 1.54) is 0 Å². The van der Waals surface area contributed by atoms with Crippen LogP contribution in [0, 0.1) is 5.82 Å². The lowest BCUT2D eigenvalue weighted by Gasteiger charge is -2.18. The lowest BCUT2D eigenvalue weighted by Crippen LogP contribution is -2.15. The molecular formula is C27H32FO2P. The molecule has 2 atom stereocenters. The number of hydrogen-bond acceptors (Lipinski definition) is 2. The van der Waals surface area contributed by atoms with Crippen molar-refractivity contribution in [2.75, 3.05) is 13.3 Å². The van der Waals surface area contributed by atoms with E-state index in [1.807, 2.05) is 69.1 Å². The molecule has 0 amide bonds. The second-order valence-corrected chi connectivity index (χ2v) is 8.41. The number of ether oxygens (including phenoxy) is 1. The van der Waals surface area contributed by atoms with Gasteiger partial charge in [-0.05, 0) is 80.5 Å². The third kappa shape index (κ3) is 7.69. The van der Waals surface area contributed by atoms with E-state index in [0.717, 1.165) is 41.1 Å². The van der Waals surface area contributed by atoms with Gasteiger partial charge in [0.05, 0.1) is 6.10 Å². The van der Waals surface area contributed by atoms with Gasteiger partial charge in [-0.25, -0.2) is 4.39 Å². The topological polar surface area (TPSA) is 26.3 Å². The van der Waals surface area contributed by atoms with Gasteiger partial charge in [-0.15, -0.1) is 0 Å². The zero-order chi connectivity index (χ0) is 22.6. The third-order valence-electron chi connectivity index (χ3n) is 5.06. The van der Waals surface area contributed by atoms with Gasteiger partial charge in [0.15, 0.2) is 0 Å². The van der Waals surface area contributed by atoms with Crippen molar-refractivity contribution in [2.45, 2.75) is 39.7 Å². The summed E-state index contributed by atoms with van der Waals surface area (Å²) in [5.74, 6) is -0.250. The van der Waals surface area contributed by atoms with Crippen LogP contribution >= 0.6 is 8.58 Å². The first kappa shape index (κ1) is 24.9. The Bertz CT molecular complexity index is 960. The monoisotopic (exact) mass is 438 g/mol. The van der Waals surface area contributed by atoms with Gasteiger partial charge in [0.1, 0.15) is 12.1 Å². The van der Waals surface area contributed by atoms with Crippen molar-refractivity contribution in [2.24, 2.45) is 0 Å². The SMILES string of the molecule is C\C=C/C=C\C=C(/C)C(CCc1cc(C=O)cc(-c2ccc(PC)cc2F)c1)OCC. The zero-order valence-electron chi connectivity index (χ0n) is 18.8. The van der Waals surface area contributed by atoms with Crippen LogP contribution in [0.2, 0.25) is 0 Å². The summed E-state index contributed by atoms with van der Waals surface area (Å²) in [4.78, 5) is 11.5. The van der Waals surface area contributed by atoms with Crippen LogP contribution in [0.25, 0.3) is 11.1 Å². The summed E-state index contributed by atoms with van der Waals surface area (Å²) in [5.41, 5.74) is 3.97. The van der Waals surface area contributed by atoms with Crippen LogP contribution in [0.15, 0.2) is 72.4 Å². The van der Waals surface area contributed by atoms with Gasteiger partial charge in [-0.3, -0.25) is 4.79 Å². The number of hydrogen-bond donors (Lipinski definition) is 0. The number of halogens is 1. The molecule has 0 aromatic heterocycles. The Kier molecular flexibility index (Phi) is 10.6. The van der Waals surface area contributed by atoms with Crippen molar-refractivity contribution in [1.29, 1.82) is 0 Å². The van der Waals surface area contributed by atoms with Gasteiger partial charge in [0.2, 0.25) is 0 Å².